The minimum atomic E-state index is -3.18. The fraction of sp³-hybridized carbons (Fsp3) is 0.261. The van der Waals surface area contributed by atoms with Crippen molar-refractivity contribution in [2.75, 3.05) is 42.7 Å². The van der Waals surface area contributed by atoms with E-state index in [1.54, 1.807) is 24.0 Å². The molecule has 0 radical (unpaired) electrons. The molecule has 1 aliphatic rings. The molecule has 2 aromatic heterocycles. The second kappa shape index (κ2) is 8.58. The van der Waals surface area contributed by atoms with Crippen molar-refractivity contribution in [3.8, 4) is 11.1 Å². The molecule has 2 N–H and O–H groups in total. The summed E-state index contributed by atoms with van der Waals surface area (Å²) in [5, 5.41) is 9.95. The molecular weight excluding hydrogens is 454 g/mol. The zero-order chi connectivity index (χ0) is 23.9. The summed E-state index contributed by atoms with van der Waals surface area (Å²) in [6.07, 6.45) is 4.77. The van der Waals surface area contributed by atoms with Crippen molar-refractivity contribution in [1.82, 2.24) is 24.1 Å². The molecule has 0 bridgehead atoms. The first-order chi connectivity index (χ1) is 16.3. The van der Waals surface area contributed by atoms with Gasteiger partial charge in [-0.2, -0.15) is 9.40 Å². The van der Waals surface area contributed by atoms with Crippen LogP contribution in [0.25, 0.3) is 22.2 Å². The average molecular weight is 480 g/mol. The summed E-state index contributed by atoms with van der Waals surface area (Å²) in [5.74, 6) is 0.241. The Balaban J connectivity index is 1.40. The van der Waals surface area contributed by atoms with Gasteiger partial charge in [0.05, 0.1) is 23.5 Å². The molecule has 34 heavy (non-hydrogen) atoms. The highest BCUT2D eigenvalue weighted by Gasteiger charge is 2.23. The fourth-order valence-electron chi connectivity index (χ4n) is 4.19. The van der Waals surface area contributed by atoms with Gasteiger partial charge in [-0.25, -0.2) is 13.4 Å². The lowest BCUT2D eigenvalue weighted by atomic mass is 10.1. The minimum absolute atomic E-state index is 0.232. The third-order valence-corrected chi connectivity index (χ3v) is 7.39. The Morgan fingerprint density at radius 3 is 2.53 bits per heavy atom. The van der Waals surface area contributed by atoms with E-state index in [2.05, 4.69) is 25.4 Å². The molecule has 0 atom stereocenters. The maximum atomic E-state index is 13.0. The van der Waals surface area contributed by atoms with E-state index in [1.807, 2.05) is 42.5 Å². The summed E-state index contributed by atoms with van der Waals surface area (Å²) in [6, 6.07) is 13.5. The maximum Gasteiger partial charge on any atom is 0.293 e. The molecule has 11 heteroatoms. The van der Waals surface area contributed by atoms with E-state index in [-0.39, 0.29) is 11.4 Å². The van der Waals surface area contributed by atoms with E-state index < -0.39 is 10.0 Å². The van der Waals surface area contributed by atoms with Crippen molar-refractivity contribution in [2.45, 2.75) is 0 Å². The third-order valence-electron chi connectivity index (χ3n) is 6.09. The highest BCUT2D eigenvalue weighted by molar-refractivity contribution is 7.88. The summed E-state index contributed by atoms with van der Waals surface area (Å²) >= 11 is 0. The van der Waals surface area contributed by atoms with Gasteiger partial charge in [-0.1, -0.05) is 12.1 Å². The summed E-state index contributed by atoms with van der Waals surface area (Å²) in [7, 11) is -1.45. The number of anilines is 3. The zero-order valence-corrected chi connectivity index (χ0v) is 19.7. The van der Waals surface area contributed by atoms with Crippen LogP contribution in [0.2, 0.25) is 0 Å². The van der Waals surface area contributed by atoms with E-state index in [1.165, 1.54) is 10.6 Å². The van der Waals surface area contributed by atoms with Gasteiger partial charge in [0.25, 0.3) is 5.56 Å². The number of sulfonamides is 1. The van der Waals surface area contributed by atoms with E-state index in [4.69, 9.17) is 0 Å². The van der Waals surface area contributed by atoms with E-state index >= 15 is 0 Å². The molecule has 0 spiro atoms. The predicted molar refractivity (Wildman–Crippen MR) is 133 cm³/mol. The standard InChI is InChI=1S/C23H25N7O3S/c1-28-21-12-16(17-14-24-25-15-17)6-7-20(21)27-22(23(28)31)26-18-4-3-5-19(13-18)29-8-10-30(11-9-29)34(2,32)33/h3-7,12-15H,8-11H2,1-2H3,(H,24,25)(H,26,27). The lowest BCUT2D eigenvalue weighted by molar-refractivity contribution is 0.388. The van der Waals surface area contributed by atoms with Crippen LogP contribution in [0, 0.1) is 0 Å². The van der Waals surface area contributed by atoms with Crippen LogP contribution in [0.5, 0.6) is 0 Å². The molecule has 1 fully saturated rings. The third kappa shape index (κ3) is 4.27. The van der Waals surface area contributed by atoms with Crippen LogP contribution in [0.15, 0.2) is 59.7 Å². The van der Waals surface area contributed by atoms with E-state index in [0.717, 1.165) is 28.0 Å². The number of benzene rings is 2. The first-order valence-corrected chi connectivity index (χ1v) is 12.7. The van der Waals surface area contributed by atoms with Crippen molar-refractivity contribution in [3.05, 3.63) is 65.2 Å². The van der Waals surface area contributed by atoms with Crippen LogP contribution in [0.3, 0.4) is 0 Å². The smallest absolute Gasteiger partial charge is 0.293 e. The largest absolute Gasteiger partial charge is 0.369 e. The quantitative estimate of drug-likeness (QED) is 0.451. The highest BCUT2D eigenvalue weighted by Crippen LogP contribution is 2.25. The number of H-pyrrole nitrogens is 1. The van der Waals surface area contributed by atoms with Crippen LogP contribution in [-0.4, -0.2) is 64.9 Å². The molecular formula is C23H25N7O3S. The first-order valence-electron chi connectivity index (χ1n) is 10.9. The van der Waals surface area contributed by atoms with Crippen molar-refractivity contribution in [3.63, 3.8) is 0 Å². The monoisotopic (exact) mass is 479 g/mol. The number of aryl methyl sites for hydroxylation is 1. The molecule has 176 valence electrons. The van der Waals surface area contributed by atoms with E-state index in [0.29, 0.717) is 31.7 Å². The van der Waals surface area contributed by atoms with Gasteiger partial charge >= 0.3 is 0 Å². The van der Waals surface area contributed by atoms with Crippen molar-refractivity contribution in [2.24, 2.45) is 7.05 Å². The van der Waals surface area contributed by atoms with Crippen LogP contribution < -0.4 is 15.8 Å². The number of fused-ring (bicyclic) bond motifs is 1. The van der Waals surface area contributed by atoms with Crippen LogP contribution in [-0.2, 0) is 17.1 Å². The molecule has 0 unspecified atom stereocenters. The molecule has 5 rings (SSSR count). The average Bonchev–Trinajstić information content (AvgIpc) is 3.37. The van der Waals surface area contributed by atoms with Crippen molar-refractivity contribution >= 4 is 38.2 Å². The number of hydrogen-bond donors (Lipinski definition) is 2. The van der Waals surface area contributed by atoms with Gasteiger partial charge in [0.2, 0.25) is 10.0 Å². The second-order valence-corrected chi connectivity index (χ2v) is 10.3. The Bertz CT molecular complexity index is 1510. The lowest BCUT2D eigenvalue weighted by Crippen LogP contribution is -2.48. The Kier molecular flexibility index (Phi) is 5.58. The molecule has 0 saturated carbocycles. The number of hydrogen-bond acceptors (Lipinski definition) is 7. The topological polar surface area (TPSA) is 116 Å². The summed E-state index contributed by atoms with van der Waals surface area (Å²) in [4.78, 5) is 19.8. The first kappa shape index (κ1) is 22.1. The van der Waals surface area contributed by atoms with Crippen LogP contribution in [0.4, 0.5) is 17.2 Å². The number of nitrogens with one attached hydrogen (secondary N) is 2. The number of rotatable bonds is 5. The summed E-state index contributed by atoms with van der Waals surface area (Å²) in [6.45, 7) is 2.10. The number of aromatic nitrogens is 4. The summed E-state index contributed by atoms with van der Waals surface area (Å²) < 4.78 is 26.6. The van der Waals surface area contributed by atoms with Gasteiger partial charge < -0.3 is 14.8 Å². The Morgan fingerprint density at radius 1 is 1.03 bits per heavy atom. The molecule has 1 aliphatic heterocycles. The molecule has 3 heterocycles. The fourth-order valence-corrected chi connectivity index (χ4v) is 5.01. The van der Waals surface area contributed by atoms with Crippen LogP contribution in [0.1, 0.15) is 0 Å². The molecule has 0 amide bonds. The summed E-state index contributed by atoms with van der Waals surface area (Å²) in [5.41, 5.74) is 4.77. The second-order valence-electron chi connectivity index (χ2n) is 8.34. The Hall–Kier alpha value is -3.70. The molecule has 1 saturated heterocycles. The SMILES string of the molecule is Cn1c(=O)c(Nc2cccc(N3CCN(S(C)(=O)=O)CC3)c2)nc2ccc(-c3cn[nH]c3)cc21. The normalized spacial score (nSPS) is 15.1. The number of piperazine rings is 1. The lowest BCUT2D eigenvalue weighted by Gasteiger charge is -2.34. The van der Waals surface area contributed by atoms with Gasteiger partial charge in [-0.15, -0.1) is 0 Å². The number of aromatic amines is 1. The maximum absolute atomic E-state index is 13.0. The zero-order valence-electron chi connectivity index (χ0n) is 18.9. The van der Waals surface area contributed by atoms with Crippen molar-refractivity contribution in [1.29, 1.82) is 0 Å². The van der Waals surface area contributed by atoms with Gasteiger partial charge in [0.1, 0.15) is 0 Å². The molecule has 0 aliphatic carbocycles. The van der Waals surface area contributed by atoms with Gasteiger partial charge in [-0.3, -0.25) is 9.89 Å². The Morgan fingerprint density at radius 2 is 1.82 bits per heavy atom. The molecule has 4 aromatic rings. The minimum Gasteiger partial charge on any atom is -0.369 e. The van der Waals surface area contributed by atoms with Crippen LogP contribution >= 0.6 is 0 Å². The highest BCUT2D eigenvalue weighted by atomic mass is 32.2. The number of nitrogens with zero attached hydrogens (tertiary/aromatic N) is 5. The van der Waals surface area contributed by atoms with Gasteiger partial charge in [-0.05, 0) is 35.9 Å². The van der Waals surface area contributed by atoms with E-state index in [9.17, 15) is 13.2 Å². The molecule has 2 aromatic carbocycles. The van der Waals surface area contributed by atoms with Gasteiger partial charge in [0.15, 0.2) is 5.82 Å². The Labute approximate surface area is 196 Å². The van der Waals surface area contributed by atoms with Gasteiger partial charge in [0, 0.05) is 56.4 Å². The predicted octanol–water partition coefficient (Wildman–Crippen LogP) is 2.15. The van der Waals surface area contributed by atoms with Crippen molar-refractivity contribution < 1.29 is 8.42 Å². The molecule has 10 nitrogen and oxygen atoms in total.